The third-order valence-corrected chi connectivity index (χ3v) is 2.84. The molecule has 1 heterocycles. The van der Waals surface area contributed by atoms with Crippen LogP contribution in [-0.2, 0) is 6.54 Å². The molecular formula is C12H20Cl2N2. The van der Waals surface area contributed by atoms with Crippen LogP contribution in [0.3, 0.4) is 0 Å². The molecule has 1 atom stereocenters. The van der Waals surface area contributed by atoms with E-state index in [-0.39, 0.29) is 24.8 Å². The highest BCUT2D eigenvalue weighted by atomic mass is 35.5. The largest absolute Gasteiger partial charge is 0.326 e. The molecule has 1 aromatic rings. The van der Waals surface area contributed by atoms with Crippen molar-refractivity contribution < 1.29 is 0 Å². The molecule has 2 rings (SSSR count). The number of hydrogen-bond acceptors (Lipinski definition) is 2. The van der Waals surface area contributed by atoms with E-state index in [4.69, 9.17) is 5.73 Å². The fraction of sp³-hybridized carbons (Fsp3) is 0.500. The van der Waals surface area contributed by atoms with Gasteiger partial charge in [-0.15, -0.1) is 24.8 Å². The number of aryl methyl sites for hydroxylation is 1. The number of halogens is 2. The molecular weight excluding hydrogens is 243 g/mol. The zero-order chi connectivity index (χ0) is 9.97. The van der Waals surface area contributed by atoms with E-state index in [1.165, 1.54) is 11.1 Å². The van der Waals surface area contributed by atoms with Gasteiger partial charge >= 0.3 is 0 Å². The van der Waals surface area contributed by atoms with Crippen LogP contribution >= 0.6 is 24.8 Å². The number of hydrogen-bond donors (Lipinski definition) is 1. The molecule has 2 N–H and O–H groups in total. The van der Waals surface area contributed by atoms with E-state index in [1.807, 2.05) is 0 Å². The minimum absolute atomic E-state index is 0. The Balaban J connectivity index is 0.00000112. The second-order valence-electron chi connectivity index (χ2n) is 4.27. The average molecular weight is 263 g/mol. The minimum atomic E-state index is 0. The second kappa shape index (κ2) is 7.13. The van der Waals surface area contributed by atoms with Crippen molar-refractivity contribution >= 4 is 24.8 Å². The van der Waals surface area contributed by atoms with Gasteiger partial charge in [-0.25, -0.2) is 0 Å². The van der Waals surface area contributed by atoms with Crippen LogP contribution < -0.4 is 5.73 Å². The lowest BCUT2D eigenvalue weighted by molar-refractivity contribution is 0.327. The van der Waals surface area contributed by atoms with Gasteiger partial charge in [-0.05, 0) is 18.9 Å². The normalized spacial score (nSPS) is 20.0. The molecule has 0 aliphatic carbocycles. The van der Waals surface area contributed by atoms with Crippen molar-refractivity contribution in [3.63, 3.8) is 0 Å². The van der Waals surface area contributed by atoms with Crippen LogP contribution in [0, 0.1) is 6.92 Å². The van der Waals surface area contributed by atoms with Gasteiger partial charge in [0, 0.05) is 25.7 Å². The summed E-state index contributed by atoms with van der Waals surface area (Å²) in [6.45, 7) is 5.37. The zero-order valence-corrected chi connectivity index (χ0v) is 11.2. The second-order valence-corrected chi connectivity index (χ2v) is 4.27. The van der Waals surface area contributed by atoms with Crippen molar-refractivity contribution in [2.24, 2.45) is 5.73 Å². The lowest BCUT2D eigenvalue weighted by Gasteiger charge is -2.14. The third-order valence-electron chi connectivity index (χ3n) is 2.84. The summed E-state index contributed by atoms with van der Waals surface area (Å²) in [6.07, 6.45) is 1.14. The van der Waals surface area contributed by atoms with E-state index in [2.05, 4.69) is 36.1 Å². The summed E-state index contributed by atoms with van der Waals surface area (Å²) < 4.78 is 0. The van der Waals surface area contributed by atoms with Gasteiger partial charge < -0.3 is 5.73 Å². The van der Waals surface area contributed by atoms with Crippen LogP contribution in [0.5, 0.6) is 0 Å². The Morgan fingerprint density at radius 3 is 2.38 bits per heavy atom. The van der Waals surface area contributed by atoms with Crippen molar-refractivity contribution in [1.82, 2.24) is 4.90 Å². The number of nitrogens with zero attached hydrogens (tertiary/aromatic N) is 1. The maximum atomic E-state index is 5.86. The minimum Gasteiger partial charge on any atom is -0.326 e. The first-order chi connectivity index (χ1) is 6.74. The van der Waals surface area contributed by atoms with Gasteiger partial charge in [0.05, 0.1) is 0 Å². The molecule has 2 nitrogen and oxygen atoms in total. The first-order valence-corrected chi connectivity index (χ1v) is 5.27. The van der Waals surface area contributed by atoms with E-state index >= 15 is 0 Å². The standard InChI is InChI=1S/C12H18N2.2ClH/c1-10-2-4-11(5-3-10)8-14-7-6-12(13)9-14;;/h2-5,12H,6-9,13H2,1H3;2*1H/t12-;;/m0../s1. The number of benzene rings is 1. The molecule has 1 fully saturated rings. The molecule has 0 amide bonds. The van der Waals surface area contributed by atoms with Crippen molar-refractivity contribution in [3.05, 3.63) is 35.4 Å². The molecule has 92 valence electrons. The molecule has 16 heavy (non-hydrogen) atoms. The Morgan fingerprint density at radius 1 is 1.25 bits per heavy atom. The fourth-order valence-corrected chi connectivity index (χ4v) is 1.96. The lowest BCUT2D eigenvalue weighted by atomic mass is 10.1. The number of rotatable bonds is 2. The SMILES string of the molecule is Cc1ccc(CN2CC[C@H](N)C2)cc1.Cl.Cl. The van der Waals surface area contributed by atoms with Crippen LogP contribution in [0.2, 0.25) is 0 Å². The summed E-state index contributed by atoms with van der Waals surface area (Å²) in [5.74, 6) is 0. The Morgan fingerprint density at radius 2 is 1.88 bits per heavy atom. The highest BCUT2D eigenvalue weighted by Crippen LogP contribution is 2.12. The van der Waals surface area contributed by atoms with E-state index in [0.717, 1.165) is 26.1 Å². The van der Waals surface area contributed by atoms with E-state index in [0.29, 0.717) is 6.04 Å². The molecule has 0 aromatic heterocycles. The van der Waals surface area contributed by atoms with E-state index in [1.54, 1.807) is 0 Å². The topological polar surface area (TPSA) is 29.3 Å². The maximum absolute atomic E-state index is 5.86. The lowest BCUT2D eigenvalue weighted by Crippen LogP contribution is -2.26. The first kappa shape index (κ1) is 15.7. The van der Waals surface area contributed by atoms with Gasteiger partial charge in [0.25, 0.3) is 0 Å². The van der Waals surface area contributed by atoms with E-state index < -0.39 is 0 Å². The molecule has 0 saturated carbocycles. The predicted molar refractivity (Wildman–Crippen MR) is 73.5 cm³/mol. The van der Waals surface area contributed by atoms with Gasteiger partial charge in [0.1, 0.15) is 0 Å². The maximum Gasteiger partial charge on any atom is 0.0234 e. The van der Waals surface area contributed by atoms with Gasteiger partial charge in [-0.2, -0.15) is 0 Å². The molecule has 1 aliphatic heterocycles. The summed E-state index contributed by atoms with van der Waals surface area (Å²) in [5, 5.41) is 0. The van der Waals surface area contributed by atoms with Crippen LogP contribution in [0.25, 0.3) is 0 Å². The molecule has 1 aliphatic rings. The highest BCUT2D eigenvalue weighted by Gasteiger charge is 2.18. The molecule has 0 bridgehead atoms. The highest BCUT2D eigenvalue weighted by molar-refractivity contribution is 5.85. The summed E-state index contributed by atoms with van der Waals surface area (Å²) in [5.41, 5.74) is 8.58. The van der Waals surface area contributed by atoms with Gasteiger partial charge in [0.15, 0.2) is 0 Å². The molecule has 1 aromatic carbocycles. The fourth-order valence-electron chi connectivity index (χ4n) is 1.96. The average Bonchev–Trinajstić information content (AvgIpc) is 2.56. The quantitative estimate of drug-likeness (QED) is 0.887. The van der Waals surface area contributed by atoms with Gasteiger partial charge in [0.2, 0.25) is 0 Å². The Kier molecular flexibility index (Phi) is 7.00. The Hall–Kier alpha value is -0.280. The zero-order valence-electron chi connectivity index (χ0n) is 9.56. The van der Waals surface area contributed by atoms with Crippen molar-refractivity contribution in [3.8, 4) is 0 Å². The monoisotopic (exact) mass is 262 g/mol. The first-order valence-electron chi connectivity index (χ1n) is 5.27. The molecule has 0 unspecified atom stereocenters. The van der Waals surface area contributed by atoms with Gasteiger partial charge in [-0.1, -0.05) is 29.8 Å². The third kappa shape index (κ3) is 4.30. The molecule has 4 heteroatoms. The predicted octanol–water partition coefficient (Wildman–Crippen LogP) is 2.37. The number of likely N-dealkylation sites (tertiary alicyclic amines) is 1. The summed E-state index contributed by atoms with van der Waals surface area (Å²) in [6, 6.07) is 9.15. The molecule has 1 saturated heterocycles. The van der Waals surface area contributed by atoms with Gasteiger partial charge in [-0.3, -0.25) is 4.90 Å². The van der Waals surface area contributed by atoms with Crippen LogP contribution in [0.15, 0.2) is 24.3 Å². The Labute approximate surface area is 110 Å². The molecule has 0 radical (unpaired) electrons. The summed E-state index contributed by atoms with van der Waals surface area (Å²) in [4.78, 5) is 2.43. The van der Waals surface area contributed by atoms with E-state index in [9.17, 15) is 0 Å². The Bertz CT molecular complexity index is 300. The summed E-state index contributed by atoms with van der Waals surface area (Å²) >= 11 is 0. The van der Waals surface area contributed by atoms with Crippen LogP contribution in [-0.4, -0.2) is 24.0 Å². The number of nitrogens with two attached hydrogens (primary N) is 1. The molecule has 0 spiro atoms. The summed E-state index contributed by atoms with van der Waals surface area (Å²) in [7, 11) is 0. The smallest absolute Gasteiger partial charge is 0.0234 e. The van der Waals surface area contributed by atoms with Crippen molar-refractivity contribution in [2.75, 3.05) is 13.1 Å². The van der Waals surface area contributed by atoms with Crippen molar-refractivity contribution in [1.29, 1.82) is 0 Å². The van der Waals surface area contributed by atoms with Crippen LogP contribution in [0.4, 0.5) is 0 Å². The van der Waals surface area contributed by atoms with Crippen LogP contribution in [0.1, 0.15) is 17.5 Å². The van der Waals surface area contributed by atoms with Crippen molar-refractivity contribution in [2.45, 2.75) is 25.9 Å².